The maximum Gasteiger partial charge on any atom is 0.176 e. The molecule has 0 aliphatic carbocycles. The molecule has 2 aromatic rings. The minimum Gasteiger partial charge on any atom is -0.365 e. The number of halogens is 1. The highest BCUT2D eigenvalue weighted by Crippen LogP contribution is 2.19. The molecule has 6 heteroatoms. The van der Waals surface area contributed by atoms with Gasteiger partial charge in [0.2, 0.25) is 0 Å². The van der Waals surface area contributed by atoms with Gasteiger partial charge in [0, 0.05) is 12.1 Å². The number of nitrogens with zero attached hydrogens (tertiary/aromatic N) is 3. The van der Waals surface area contributed by atoms with E-state index >= 15 is 0 Å². The Morgan fingerprint density at radius 1 is 1.43 bits per heavy atom. The summed E-state index contributed by atoms with van der Waals surface area (Å²) < 4.78 is 0. The first-order valence-electron chi connectivity index (χ1n) is 4.30. The lowest BCUT2D eigenvalue weighted by Gasteiger charge is -2.04. The molecule has 0 radical (unpaired) electrons. The van der Waals surface area contributed by atoms with Crippen LogP contribution in [0.4, 0.5) is 5.82 Å². The van der Waals surface area contributed by atoms with Crippen molar-refractivity contribution < 1.29 is 0 Å². The summed E-state index contributed by atoms with van der Waals surface area (Å²) in [5, 5.41) is 18.2. The van der Waals surface area contributed by atoms with E-state index < -0.39 is 0 Å². The van der Waals surface area contributed by atoms with E-state index in [9.17, 15) is 0 Å². The molecule has 0 saturated heterocycles. The molecule has 0 saturated carbocycles. The number of hydrogen-bond donors (Lipinski definition) is 2. The van der Waals surface area contributed by atoms with E-state index in [1.165, 1.54) is 0 Å². The zero-order valence-electron chi connectivity index (χ0n) is 7.87. The van der Waals surface area contributed by atoms with Gasteiger partial charge in [0.1, 0.15) is 0 Å². The summed E-state index contributed by atoms with van der Waals surface area (Å²) in [5.41, 5.74) is 1.50. The summed E-state index contributed by atoms with van der Waals surface area (Å²) in [6, 6.07) is 2.00. The SMILES string of the molecule is CC(C)Nc1n[nH]c2cc(Cl)nnc12. The van der Waals surface area contributed by atoms with Gasteiger partial charge in [0.05, 0.1) is 5.52 Å². The molecule has 0 aliphatic rings. The minimum atomic E-state index is 0.305. The number of nitrogens with one attached hydrogen (secondary N) is 2. The normalized spacial score (nSPS) is 11.1. The molecule has 2 aromatic heterocycles. The Balaban J connectivity index is 2.47. The lowest BCUT2D eigenvalue weighted by Crippen LogP contribution is -2.10. The topological polar surface area (TPSA) is 66.5 Å². The molecule has 0 spiro atoms. The van der Waals surface area contributed by atoms with Crippen LogP contribution in [0.1, 0.15) is 13.8 Å². The first-order chi connectivity index (χ1) is 6.66. The van der Waals surface area contributed by atoms with Crippen molar-refractivity contribution in [2.75, 3.05) is 5.32 Å². The molecule has 0 amide bonds. The molecule has 0 fully saturated rings. The quantitative estimate of drug-likeness (QED) is 0.796. The van der Waals surface area contributed by atoms with Crippen LogP contribution in [0.25, 0.3) is 11.0 Å². The van der Waals surface area contributed by atoms with Gasteiger partial charge >= 0.3 is 0 Å². The average molecular weight is 212 g/mol. The number of fused-ring (bicyclic) bond motifs is 1. The molecule has 0 bridgehead atoms. The van der Waals surface area contributed by atoms with Crippen LogP contribution in [0, 0.1) is 0 Å². The van der Waals surface area contributed by atoms with Crippen LogP contribution in [-0.2, 0) is 0 Å². The van der Waals surface area contributed by atoms with Gasteiger partial charge in [-0.25, -0.2) is 0 Å². The lowest BCUT2D eigenvalue weighted by molar-refractivity contribution is 0.885. The molecule has 2 rings (SSSR count). The van der Waals surface area contributed by atoms with E-state index in [0.29, 0.717) is 22.5 Å². The van der Waals surface area contributed by atoms with Gasteiger partial charge in [-0.05, 0) is 13.8 Å². The molecule has 74 valence electrons. The standard InChI is InChI=1S/C8H10ClN5/c1-4(2)10-8-7-5(11-14-8)3-6(9)12-13-7/h3-4H,1-2H3,(H2,10,11,14). The number of hydrogen-bond acceptors (Lipinski definition) is 4. The molecule has 0 aromatic carbocycles. The lowest BCUT2D eigenvalue weighted by atomic mass is 10.3. The van der Waals surface area contributed by atoms with E-state index in [-0.39, 0.29) is 0 Å². The van der Waals surface area contributed by atoms with Crippen molar-refractivity contribution >= 4 is 28.5 Å². The van der Waals surface area contributed by atoms with E-state index in [0.717, 1.165) is 5.52 Å². The van der Waals surface area contributed by atoms with Gasteiger partial charge in [-0.2, -0.15) is 5.10 Å². The second-order valence-electron chi connectivity index (χ2n) is 3.30. The van der Waals surface area contributed by atoms with E-state index in [4.69, 9.17) is 11.6 Å². The zero-order valence-corrected chi connectivity index (χ0v) is 8.63. The maximum atomic E-state index is 5.69. The first kappa shape index (κ1) is 9.21. The van der Waals surface area contributed by atoms with Gasteiger partial charge in [0.15, 0.2) is 16.5 Å². The Labute approximate surface area is 85.9 Å². The highest BCUT2D eigenvalue weighted by Gasteiger charge is 2.08. The van der Waals surface area contributed by atoms with Crippen LogP contribution in [0.2, 0.25) is 5.15 Å². The maximum absolute atomic E-state index is 5.69. The predicted molar refractivity (Wildman–Crippen MR) is 55.5 cm³/mol. The smallest absolute Gasteiger partial charge is 0.176 e. The molecule has 0 atom stereocenters. The number of H-pyrrole nitrogens is 1. The summed E-state index contributed by atoms with van der Waals surface area (Å²) in [6.07, 6.45) is 0. The predicted octanol–water partition coefficient (Wildman–Crippen LogP) is 1.83. The fourth-order valence-electron chi connectivity index (χ4n) is 1.17. The van der Waals surface area contributed by atoms with Crippen molar-refractivity contribution in [3.63, 3.8) is 0 Å². The largest absolute Gasteiger partial charge is 0.365 e. The Bertz CT molecular complexity index is 450. The zero-order chi connectivity index (χ0) is 10.1. The van der Waals surface area contributed by atoms with Crippen molar-refractivity contribution in [2.45, 2.75) is 19.9 Å². The van der Waals surface area contributed by atoms with Crippen LogP contribution in [-0.4, -0.2) is 26.4 Å². The fourth-order valence-corrected chi connectivity index (χ4v) is 1.32. The fraction of sp³-hybridized carbons (Fsp3) is 0.375. The highest BCUT2D eigenvalue weighted by molar-refractivity contribution is 6.29. The van der Waals surface area contributed by atoms with Crippen molar-refractivity contribution in [1.29, 1.82) is 0 Å². The summed E-state index contributed by atoms with van der Waals surface area (Å²) in [4.78, 5) is 0. The number of rotatable bonds is 2. The molecule has 14 heavy (non-hydrogen) atoms. The third kappa shape index (κ3) is 1.63. The monoisotopic (exact) mass is 211 g/mol. The Kier molecular flexibility index (Phi) is 2.25. The molecular weight excluding hydrogens is 202 g/mol. The van der Waals surface area contributed by atoms with E-state index in [1.54, 1.807) is 6.07 Å². The average Bonchev–Trinajstić information content (AvgIpc) is 2.47. The van der Waals surface area contributed by atoms with Crippen LogP contribution in [0.15, 0.2) is 6.07 Å². The highest BCUT2D eigenvalue weighted by atomic mass is 35.5. The van der Waals surface area contributed by atoms with Crippen LogP contribution in [0.5, 0.6) is 0 Å². The summed E-state index contributed by atoms with van der Waals surface area (Å²) in [6.45, 7) is 4.06. The third-order valence-electron chi connectivity index (χ3n) is 1.70. The van der Waals surface area contributed by atoms with Crippen molar-refractivity contribution in [2.24, 2.45) is 0 Å². The molecule has 5 nitrogen and oxygen atoms in total. The van der Waals surface area contributed by atoms with Crippen molar-refractivity contribution in [3.05, 3.63) is 11.2 Å². The van der Waals surface area contributed by atoms with Gasteiger partial charge in [-0.15, -0.1) is 10.2 Å². The summed E-state index contributed by atoms with van der Waals surface area (Å²) in [7, 11) is 0. The van der Waals surface area contributed by atoms with Gasteiger partial charge < -0.3 is 5.32 Å². The van der Waals surface area contributed by atoms with Gasteiger partial charge in [-0.1, -0.05) is 11.6 Å². The molecule has 0 unspecified atom stereocenters. The summed E-state index contributed by atoms with van der Waals surface area (Å²) in [5.74, 6) is 0.708. The molecule has 2 heterocycles. The van der Waals surface area contributed by atoms with Crippen molar-refractivity contribution in [1.82, 2.24) is 20.4 Å². The van der Waals surface area contributed by atoms with E-state index in [2.05, 4.69) is 25.7 Å². The summed E-state index contributed by atoms with van der Waals surface area (Å²) >= 11 is 5.69. The van der Waals surface area contributed by atoms with E-state index in [1.807, 2.05) is 13.8 Å². The first-order valence-corrected chi connectivity index (χ1v) is 4.68. The van der Waals surface area contributed by atoms with Gasteiger partial charge in [0.25, 0.3) is 0 Å². The second kappa shape index (κ2) is 3.42. The van der Waals surface area contributed by atoms with Crippen LogP contribution in [0.3, 0.4) is 0 Å². The third-order valence-corrected chi connectivity index (χ3v) is 1.89. The van der Waals surface area contributed by atoms with Gasteiger partial charge in [-0.3, -0.25) is 5.10 Å². The Morgan fingerprint density at radius 2 is 2.21 bits per heavy atom. The van der Waals surface area contributed by atoms with Crippen LogP contribution >= 0.6 is 11.6 Å². The number of aromatic amines is 1. The van der Waals surface area contributed by atoms with Crippen LogP contribution < -0.4 is 5.32 Å². The molecular formula is C8H10ClN5. The Hall–Kier alpha value is -1.36. The number of aromatic nitrogens is 4. The molecule has 2 N–H and O–H groups in total. The second-order valence-corrected chi connectivity index (χ2v) is 3.69. The van der Waals surface area contributed by atoms with Crippen molar-refractivity contribution in [3.8, 4) is 0 Å². The minimum absolute atomic E-state index is 0.305. The Morgan fingerprint density at radius 3 is 2.93 bits per heavy atom. The molecule has 0 aliphatic heterocycles. The number of anilines is 1.